The molecule has 0 saturated carbocycles. The average Bonchev–Trinajstić information content (AvgIpc) is 3.21. The predicted molar refractivity (Wildman–Crippen MR) is 171 cm³/mol. The van der Waals surface area contributed by atoms with Gasteiger partial charge in [-0.25, -0.2) is 4.98 Å². The first-order valence-electron chi connectivity index (χ1n) is 13.1. The van der Waals surface area contributed by atoms with E-state index in [9.17, 15) is 4.79 Å². The molecule has 41 heavy (non-hydrogen) atoms. The number of halogens is 3. The Labute approximate surface area is 257 Å². The summed E-state index contributed by atoms with van der Waals surface area (Å²) < 4.78 is 10.3. The number of ether oxygens (including phenoxy) is 1. The van der Waals surface area contributed by atoms with Crippen LogP contribution in [0.3, 0.4) is 0 Å². The Morgan fingerprint density at radius 3 is 2.39 bits per heavy atom. The molecular weight excluding hydrogens is 623 g/mol. The van der Waals surface area contributed by atoms with Gasteiger partial charge in [0.05, 0.1) is 27.2 Å². The third-order valence-electron chi connectivity index (χ3n) is 6.75. The van der Waals surface area contributed by atoms with E-state index < -0.39 is 5.41 Å². The van der Waals surface area contributed by atoms with Crippen molar-refractivity contribution in [1.82, 2.24) is 14.2 Å². The van der Waals surface area contributed by atoms with Gasteiger partial charge in [-0.1, -0.05) is 66.0 Å². The normalized spacial score (nSPS) is 12.0. The lowest BCUT2D eigenvalue weighted by atomic mass is 9.95. The topological polar surface area (TPSA) is 61.4 Å². The molecule has 6 nitrogen and oxygen atoms in total. The molecule has 0 bridgehead atoms. The highest BCUT2D eigenvalue weighted by atomic mass is 79.9. The molecule has 0 atom stereocenters. The highest BCUT2D eigenvalue weighted by Crippen LogP contribution is 2.26. The number of aromatic nitrogens is 3. The highest BCUT2D eigenvalue weighted by Gasteiger charge is 2.23. The minimum atomic E-state index is -0.391. The maximum absolute atomic E-state index is 13.5. The van der Waals surface area contributed by atoms with Crippen LogP contribution in [0, 0.1) is 13.8 Å². The van der Waals surface area contributed by atoms with E-state index in [-0.39, 0.29) is 5.56 Å². The summed E-state index contributed by atoms with van der Waals surface area (Å²) in [6, 6.07) is 20.9. The summed E-state index contributed by atoms with van der Waals surface area (Å²) >= 11 is 15.6. The van der Waals surface area contributed by atoms with E-state index in [4.69, 9.17) is 32.9 Å². The van der Waals surface area contributed by atoms with Crippen LogP contribution in [-0.2, 0) is 12.0 Å². The number of hydrogen-bond donors (Lipinski definition) is 0. The van der Waals surface area contributed by atoms with Gasteiger partial charge in [-0.2, -0.15) is 9.78 Å². The minimum absolute atomic E-state index is 0.206. The van der Waals surface area contributed by atoms with E-state index in [0.29, 0.717) is 33.4 Å². The molecule has 210 valence electrons. The van der Waals surface area contributed by atoms with E-state index in [2.05, 4.69) is 31.7 Å². The molecule has 0 fully saturated rings. The Kier molecular flexibility index (Phi) is 8.15. The van der Waals surface area contributed by atoms with Gasteiger partial charge < -0.3 is 9.30 Å². The van der Waals surface area contributed by atoms with Crippen LogP contribution in [0.15, 0.2) is 81.1 Å². The number of aryl methyl sites for hydroxylation is 1. The second kappa shape index (κ2) is 11.5. The molecule has 0 aliphatic rings. The Hall–Kier alpha value is -3.39. The monoisotopic (exact) mass is 650 g/mol. The Morgan fingerprint density at radius 2 is 1.71 bits per heavy atom. The Bertz CT molecular complexity index is 1850. The van der Waals surface area contributed by atoms with E-state index in [1.54, 1.807) is 24.4 Å². The van der Waals surface area contributed by atoms with Crippen LogP contribution in [0.25, 0.3) is 16.6 Å². The van der Waals surface area contributed by atoms with Gasteiger partial charge in [-0.15, -0.1) is 0 Å². The van der Waals surface area contributed by atoms with E-state index in [1.807, 2.05) is 77.1 Å². The van der Waals surface area contributed by atoms with Gasteiger partial charge in [0, 0.05) is 32.5 Å². The minimum Gasteiger partial charge on any atom is -0.489 e. The van der Waals surface area contributed by atoms with E-state index in [0.717, 1.165) is 38.4 Å². The van der Waals surface area contributed by atoms with Crippen molar-refractivity contribution in [3.8, 4) is 11.4 Å². The molecule has 5 rings (SSSR count). The van der Waals surface area contributed by atoms with Crippen LogP contribution in [-0.4, -0.2) is 20.4 Å². The fourth-order valence-corrected chi connectivity index (χ4v) is 5.35. The molecule has 0 spiro atoms. The molecule has 9 heteroatoms. The molecule has 0 aliphatic carbocycles. The van der Waals surface area contributed by atoms with Gasteiger partial charge in [0.2, 0.25) is 0 Å². The lowest BCUT2D eigenvalue weighted by Gasteiger charge is -2.20. The zero-order valence-corrected chi connectivity index (χ0v) is 26.5. The largest absolute Gasteiger partial charge is 0.489 e. The van der Waals surface area contributed by atoms with E-state index in [1.165, 1.54) is 4.68 Å². The maximum atomic E-state index is 13.5. The number of benzene rings is 3. The Morgan fingerprint density at radius 1 is 0.976 bits per heavy atom. The van der Waals surface area contributed by atoms with Crippen molar-refractivity contribution in [2.45, 2.75) is 46.6 Å². The van der Waals surface area contributed by atoms with Crippen molar-refractivity contribution in [3.05, 3.63) is 120 Å². The number of fused-ring (bicyclic) bond motifs is 1. The van der Waals surface area contributed by atoms with Gasteiger partial charge in [-0.05, 0) is 80.1 Å². The highest BCUT2D eigenvalue weighted by molar-refractivity contribution is 9.10. The SMILES string of the molecule is Cc1cc(C=Nn2c(C(C)(C)C)nc3ccc(Br)cc3c2=O)c(C)n1-c1ccc(OCc2ccc(Cl)c(Cl)c2)cc1. The summed E-state index contributed by atoms with van der Waals surface area (Å²) in [4.78, 5) is 18.3. The smallest absolute Gasteiger partial charge is 0.282 e. The molecule has 0 N–H and O–H groups in total. The van der Waals surface area contributed by atoms with Crippen LogP contribution in [0.2, 0.25) is 10.0 Å². The van der Waals surface area contributed by atoms with Gasteiger partial charge >= 0.3 is 0 Å². The molecule has 0 amide bonds. The van der Waals surface area contributed by atoms with Crippen molar-refractivity contribution in [2.24, 2.45) is 5.10 Å². The van der Waals surface area contributed by atoms with Crippen molar-refractivity contribution < 1.29 is 4.74 Å². The van der Waals surface area contributed by atoms with Crippen molar-refractivity contribution >= 4 is 56.2 Å². The first-order valence-corrected chi connectivity index (χ1v) is 14.6. The zero-order valence-electron chi connectivity index (χ0n) is 23.4. The third-order valence-corrected chi connectivity index (χ3v) is 7.98. The summed E-state index contributed by atoms with van der Waals surface area (Å²) in [7, 11) is 0. The van der Waals surface area contributed by atoms with E-state index >= 15 is 0 Å². The quantitative estimate of drug-likeness (QED) is 0.173. The lowest BCUT2D eigenvalue weighted by molar-refractivity contribution is 0.306. The first kappa shape index (κ1) is 29.1. The molecule has 3 aromatic carbocycles. The average molecular weight is 652 g/mol. The number of nitrogens with zero attached hydrogens (tertiary/aromatic N) is 4. The van der Waals surface area contributed by atoms with Gasteiger partial charge in [0.1, 0.15) is 18.2 Å². The molecule has 0 aliphatic heterocycles. The molecular formula is C32H29BrCl2N4O2. The van der Waals surface area contributed by atoms with Crippen LogP contribution >= 0.6 is 39.1 Å². The molecule has 5 aromatic rings. The second-order valence-electron chi connectivity index (χ2n) is 10.9. The van der Waals surface area contributed by atoms with Crippen LogP contribution in [0.1, 0.15) is 49.1 Å². The summed E-state index contributed by atoms with van der Waals surface area (Å²) in [5, 5.41) is 6.20. The van der Waals surface area contributed by atoms with Crippen molar-refractivity contribution in [2.75, 3.05) is 0 Å². The predicted octanol–water partition coefficient (Wildman–Crippen LogP) is 8.63. The van der Waals surface area contributed by atoms with Crippen LogP contribution in [0.4, 0.5) is 0 Å². The fraction of sp³-hybridized carbons (Fsp3) is 0.219. The molecule has 2 aromatic heterocycles. The number of rotatable bonds is 6. The number of hydrogen-bond acceptors (Lipinski definition) is 4. The van der Waals surface area contributed by atoms with Gasteiger partial charge in [0.15, 0.2) is 0 Å². The fourth-order valence-electron chi connectivity index (χ4n) is 4.66. The lowest BCUT2D eigenvalue weighted by Crippen LogP contribution is -2.29. The summed E-state index contributed by atoms with van der Waals surface area (Å²) in [5.41, 5.74) is 4.93. The van der Waals surface area contributed by atoms with Crippen LogP contribution < -0.4 is 10.3 Å². The molecule has 0 radical (unpaired) electrons. The van der Waals surface area contributed by atoms with Crippen LogP contribution in [0.5, 0.6) is 5.75 Å². The maximum Gasteiger partial charge on any atom is 0.282 e. The second-order valence-corrected chi connectivity index (χ2v) is 12.6. The standard InChI is InChI=1S/C32H29BrCl2N4O2/c1-19-14-22(17-36-39-30(40)26-16-23(33)7-13-29(26)37-31(39)32(3,4)5)20(2)38(19)24-8-10-25(11-9-24)41-18-21-6-12-27(34)28(35)15-21/h6-17H,18H2,1-5H3. The van der Waals surface area contributed by atoms with Crippen molar-refractivity contribution in [1.29, 1.82) is 0 Å². The third kappa shape index (κ3) is 6.13. The molecule has 2 heterocycles. The molecule has 0 saturated heterocycles. The summed E-state index contributed by atoms with van der Waals surface area (Å²) in [6.45, 7) is 10.5. The zero-order chi connectivity index (χ0) is 29.5. The first-order chi connectivity index (χ1) is 19.4. The van der Waals surface area contributed by atoms with Crippen molar-refractivity contribution in [3.63, 3.8) is 0 Å². The summed E-state index contributed by atoms with van der Waals surface area (Å²) in [5.74, 6) is 1.34. The molecule has 0 unspecified atom stereocenters. The Balaban J connectivity index is 1.43. The van der Waals surface area contributed by atoms with Gasteiger partial charge in [-0.3, -0.25) is 4.79 Å². The van der Waals surface area contributed by atoms with Gasteiger partial charge in [0.25, 0.3) is 5.56 Å². The summed E-state index contributed by atoms with van der Waals surface area (Å²) in [6.07, 6.45) is 1.73.